The van der Waals surface area contributed by atoms with E-state index in [1.165, 1.54) is 11.1 Å². The molecule has 3 atom stereocenters. The second-order valence-corrected chi connectivity index (χ2v) is 6.39. The van der Waals surface area contributed by atoms with Gasteiger partial charge in [-0.15, -0.1) is 0 Å². The first kappa shape index (κ1) is 16.5. The Hall–Kier alpha value is -2.33. The van der Waals surface area contributed by atoms with E-state index >= 15 is 0 Å². The number of likely N-dealkylation sites (N-methyl/N-ethyl adjacent to an activating group) is 2. The van der Waals surface area contributed by atoms with Gasteiger partial charge in [0.05, 0.1) is 24.7 Å². The number of aliphatic hydroxyl groups excluding tert-OH is 1. The van der Waals surface area contributed by atoms with E-state index in [0.717, 1.165) is 5.96 Å². The number of aliphatic hydroxyl groups is 1. The fourth-order valence-electron chi connectivity index (χ4n) is 3.45. The Kier molecular flexibility index (Phi) is 4.86. The number of guanidine groups is 1. The van der Waals surface area contributed by atoms with Crippen LogP contribution in [0.2, 0.25) is 0 Å². The predicted molar refractivity (Wildman–Crippen MR) is 97.9 cm³/mol. The van der Waals surface area contributed by atoms with Gasteiger partial charge in [-0.2, -0.15) is 0 Å². The van der Waals surface area contributed by atoms with Crippen LogP contribution in [0.4, 0.5) is 0 Å². The number of rotatable bonds is 4. The highest BCUT2D eigenvalue weighted by atomic mass is 16.3. The maximum absolute atomic E-state index is 9.39. The Morgan fingerprint density at radius 1 is 0.875 bits per heavy atom. The molecule has 0 radical (unpaired) electrons. The van der Waals surface area contributed by atoms with Crippen molar-refractivity contribution in [3.05, 3.63) is 71.8 Å². The minimum absolute atomic E-state index is 0.0528. The number of nitrogens with zero attached hydrogens (tertiary/aromatic N) is 3. The Labute approximate surface area is 144 Å². The highest BCUT2D eigenvalue weighted by Gasteiger charge is 2.42. The fraction of sp³-hybridized carbons (Fsp3) is 0.350. The standard InChI is InChI=1S/C20H25N3O/c1-15(14-24)21-20-22(2)18(16-10-6-4-7-11-16)19(23(20)3)17-12-8-5-9-13-17/h4-13,15,18-19,24H,14H2,1-3H3. The van der Waals surface area contributed by atoms with Gasteiger partial charge < -0.3 is 14.9 Å². The lowest BCUT2D eigenvalue weighted by molar-refractivity contribution is 0.272. The normalized spacial score (nSPS) is 21.9. The lowest BCUT2D eigenvalue weighted by Crippen LogP contribution is -2.31. The van der Waals surface area contributed by atoms with Gasteiger partial charge in [0.25, 0.3) is 0 Å². The van der Waals surface area contributed by atoms with Gasteiger partial charge in [-0.1, -0.05) is 60.7 Å². The molecule has 1 heterocycles. The van der Waals surface area contributed by atoms with Gasteiger partial charge in [-0.3, -0.25) is 0 Å². The summed E-state index contributed by atoms with van der Waals surface area (Å²) in [5.41, 5.74) is 2.53. The van der Waals surface area contributed by atoms with Crippen molar-refractivity contribution in [2.45, 2.75) is 25.0 Å². The van der Waals surface area contributed by atoms with Gasteiger partial charge in [0.15, 0.2) is 5.96 Å². The van der Waals surface area contributed by atoms with Crippen LogP contribution in [0.15, 0.2) is 65.7 Å². The lowest BCUT2D eigenvalue weighted by Gasteiger charge is -2.26. The van der Waals surface area contributed by atoms with Crippen LogP contribution in [0.25, 0.3) is 0 Å². The topological polar surface area (TPSA) is 39.1 Å². The molecule has 0 saturated carbocycles. The van der Waals surface area contributed by atoms with E-state index in [1.54, 1.807) is 0 Å². The Morgan fingerprint density at radius 2 is 1.29 bits per heavy atom. The molecule has 0 amide bonds. The molecule has 126 valence electrons. The van der Waals surface area contributed by atoms with Gasteiger partial charge in [0.2, 0.25) is 0 Å². The van der Waals surface area contributed by atoms with Crippen molar-refractivity contribution >= 4 is 5.96 Å². The third kappa shape index (κ3) is 3.02. The molecule has 0 spiro atoms. The molecule has 4 nitrogen and oxygen atoms in total. The predicted octanol–water partition coefficient (Wildman–Crippen LogP) is 3.08. The third-order valence-electron chi connectivity index (χ3n) is 4.65. The van der Waals surface area contributed by atoms with Gasteiger partial charge in [0, 0.05) is 14.1 Å². The van der Waals surface area contributed by atoms with Gasteiger partial charge in [-0.25, -0.2) is 4.99 Å². The smallest absolute Gasteiger partial charge is 0.197 e. The quantitative estimate of drug-likeness (QED) is 0.940. The van der Waals surface area contributed by atoms with E-state index in [-0.39, 0.29) is 24.7 Å². The van der Waals surface area contributed by atoms with Gasteiger partial charge in [0.1, 0.15) is 0 Å². The molecule has 1 saturated heterocycles. The van der Waals surface area contributed by atoms with E-state index in [1.807, 2.05) is 19.1 Å². The zero-order valence-corrected chi connectivity index (χ0v) is 14.5. The maximum Gasteiger partial charge on any atom is 0.197 e. The maximum atomic E-state index is 9.39. The summed E-state index contributed by atoms with van der Waals surface area (Å²) in [7, 11) is 4.17. The first-order chi connectivity index (χ1) is 11.6. The summed E-state index contributed by atoms with van der Waals surface area (Å²) in [6, 6.07) is 21.3. The zero-order valence-electron chi connectivity index (χ0n) is 14.5. The summed E-state index contributed by atoms with van der Waals surface area (Å²) < 4.78 is 0. The summed E-state index contributed by atoms with van der Waals surface area (Å²) in [6.07, 6.45) is 0. The number of benzene rings is 2. The Morgan fingerprint density at radius 3 is 1.67 bits per heavy atom. The number of hydrogen-bond acceptors (Lipinski definition) is 2. The summed E-state index contributed by atoms with van der Waals surface area (Å²) in [5, 5.41) is 9.39. The summed E-state index contributed by atoms with van der Waals surface area (Å²) in [4.78, 5) is 9.17. The van der Waals surface area contributed by atoms with Crippen LogP contribution >= 0.6 is 0 Å². The van der Waals surface area contributed by atoms with Crippen molar-refractivity contribution in [1.82, 2.24) is 9.80 Å². The first-order valence-corrected chi connectivity index (χ1v) is 8.37. The molecule has 0 bridgehead atoms. The molecule has 2 aromatic rings. The fourth-order valence-corrected chi connectivity index (χ4v) is 3.45. The highest BCUT2D eigenvalue weighted by molar-refractivity contribution is 5.83. The van der Waals surface area contributed by atoms with E-state index in [0.29, 0.717) is 0 Å². The SMILES string of the molecule is CC(CO)N=C1N(C)C(c2ccccc2)C(c2ccccc2)N1C. The Balaban J connectivity index is 2.07. The van der Waals surface area contributed by atoms with E-state index in [9.17, 15) is 5.11 Å². The first-order valence-electron chi connectivity index (χ1n) is 8.37. The molecule has 24 heavy (non-hydrogen) atoms. The molecule has 3 rings (SSSR count). The molecule has 3 unspecified atom stereocenters. The molecule has 1 fully saturated rings. The van der Waals surface area contributed by atoms with Crippen molar-refractivity contribution < 1.29 is 5.11 Å². The van der Waals surface area contributed by atoms with Crippen molar-refractivity contribution in [1.29, 1.82) is 0 Å². The summed E-state index contributed by atoms with van der Waals surface area (Å²) in [5.74, 6) is 0.916. The molecule has 4 heteroatoms. The van der Waals surface area contributed by atoms with Crippen molar-refractivity contribution in [2.24, 2.45) is 4.99 Å². The summed E-state index contributed by atoms with van der Waals surface area (Å²) >= 11 is 0. The summed E-state index contributed by atoms with van der Waals surface area (Å²) in [6.45, 7) is 1.99. The van der Waals surface area contributed by atoms with Crippen molar-refractivity contribution in [3.8, 4) is 0 Å². The van der Waals surface area contributed by atoms with Gasteiger partial charge in [-0.05, 0) is 18.1 Å². The average Bonchev–Trinajstić information content (AvgIpc) is 2.87. The van der Waals surface area contributed by atoms with Crippen LogP contribution < -0.4 is 0 Å². The van der Waals surface area contributed by atoms with Crippen LogP contribution in [0.5, 0.6) is 0 Å². The molecule has 0 aromatic heterocycles. The minimum atomic E-state index is -0.115. The van der Waals surface area contributed by atoms with Crippen LogP contribution in [0.3, 0.4) is 0 Å². The van der Waals surface area contributed by atoms with Gasteiger partial charge >= 0.3 is 0 Å². The third-order valence-corrected chi connectivity index (χ3v) is 4.65. The molecular formula is C20H25N3O. The van der Waals surface area contributed by atoms with Crippen molar-refractivity contribution in [2.75, 3.05) is 20.7 Å². The van der Waals surface area contributed by atoms with Crippen LogP contribution in [0, 0.1) is 0 Å². The molecule has 1 aliphatic heterocycles. The monoisotopic (exact) mass is 323 g/mol. The lowest BCUT2D eigenvalue weighted by atomic mass is 9.93. The van der Waals surface area contributed by atoms with Crippen LogP contribution in [-0.2, 0) is 0 Å². The zero-order chi connectivity index (χ0) is 17.1. The Bertz CT molecular complexity index is 633. The molecular weight excluding hydrogens is 298 g/mol. The van der Waals surface area contributed by atoms with Crippen LogP contribution in [0.1, 0.15) is 30.1 Å². The second kappa shape index (κ2) is 7.05. The number of aliphatic imine (C=N–C) groups is 1. The molecule has 0 aliphatic carbocycles. The highest BCUT2D eigenvalue weighted by Crippen LogP contribution is 2.43. The second-order valence-electron chi connectivity index (χ2n) is 6.39. The largest absolute Gasteiger partial charge is 0.394 e. The van der Waals surface area contributed by atoms with E-state index < -0.39 is 0 Å². The molecule has 2 aromatic carbocycles. The molecule has 1 aliphatic rings. The number of hydrogen-bond donors (Lipinski definition) is 1. The van der Waals surface area contributed by atoms with E-state index in [4.69, 9.17) is 4.99 Å². The average molecular weight is 323 g/mol. The van der Waals surface area contributed by atoms with Crippen molar-refractivity contribution in [3.63, 3.8) is 0 Å². The molecule has 1 N–H and O–H groups in total. The van der Waals surface area contributed by atoms with E-state index in [2.05, 4.69) is 72.4 Å². The minimum Gasteiger partial charge on any atom is -0.394 e. The van der Waals surface area contributed by atoms with Crippen LogP contribution in [-0.4, -0.2) is 47.6 Å².